The van der Waals surface area contributed by atoms with Gasteiger partial charge in [0.15, 0.2) is 0 Å². The fourth-order valence-corrected chi connectivity index (χ4v) is 2.17. The van der Waals surface area contributed by atoms with Crippen LogP contribution < -0.4 is 10.2 Å². The van der Waals surface area contributed by atoms with Gasteiger partial charge in [-0.3, -0.25) is 4.98 Å². The van der Waals surface area contributed by atoms with Gasteiger partial charge in [0, 0.05) is 49.9 Å². The normalized spacial score (nSPS) is 14.8. The Balaban J connectivity index is 2.12. The summed E-state index contributed by atoms with van der Waals surface area (Å²) in [5, 5.41) is 3.38. The lowest BCUT2D eigenvalue weighted by atomic mass is 10.2. The first-order valence-electron chi connectivity index (χ1n) is 6.76. The fraction of sp³-hybridized carbons (Fsp3) is 0.643. The Labute approximate surface area is 109 Å². The Morgan fingerprint density at radius 1 is 1.50 bits per heavy atom. The Morgan fingerprint density at radius 2 is 2.33 bits per heavy atom. The molecule has 0 bridgehead atoms. The van der Waals surface area contributed by atoms with E-state index < -0.39 is 0 Å². The van der Waals surface area contributed by atoms with Crippen molar-refractivity contribution in [2.75, 3.05) is 31.7 Å². The molecule has 0 atom stereocenters. The van der Waals surface area contributed by atoms with Crippen molar-refractivity contribution >= 4 is 5.69 Å². The first kappa shape index (κ1) is 13.3. The third-order valence-electron chi connectivity index (χ3n) is 3.28. The Morgan fingerprint density at radius 3 is 3.00 bits per heavy atom. The summed E-state index contributed by atoms with van der Waals surface area (Å²) in [6.07, 6.45) is 6.45. The molecule has 0 aliphatic heterocycles. The lowest BCUT2D eigenvalue weighted by Gasteiger charge is -2.26. The number of pyridine rings is 1. The minimum atomic E-state index is 0.697. The van der Waals surface area contributed by atoms with E-state index in [0.717, 1.165) is 26.2 Å². The number of nitrogens with zero attached hydrogens (tertiary/aromatic N) is 2. The van der Waals surface area contributed by atoms with Crippen molar-refractivity contribution in [3.05, 3.63) is 24.0 Å². The molecule has 18 heavy (non-hydrogen) atoms. The molecule has 1 aliphatic carbocycles. The third-order valence-corrected chi connectivity index (χ3v) is 3.28. The minimum absolute atomic E-state index is 0.697. The van der Waals surface area contributed by atoms with E-state index in [1.54, 1.807) is 7.11 Å². The average molecular weight is 249 g/mol. The maximum atomic E-state index is 5.22. The van der Waals surface area contributed by atoms with Crippen LogP contribution in [0.1, 0.15) is 25.3 Å². The molecule has 100 valence electrons. The van der Waals surface area contributed by atoms with Crippen molar-refractivity contribution in [1.29, 1.82) is 0 Å². The van der Waals surface area contributed by atoms with E-state index in [0.29, 0.717) is 6.04 Å². The molecule has 4 heteroatoms. The van der Waals surface area contributed by atoms with Crippen LogP contribution in [0.3, 0.4) is 0 Å². The van der Waals surface area contributed by atoms with E-state index in [2.05, 4.69) is 28.2 Å². The monoisotopic (exact) mass is 249 g/mol. The van der Waals surface area contributed by atoms with Gasteiger partial charge in [-0.2, -0.15) is 0 Å². The van der Waals surface area contributed by atoms with Crippen LogP contribution in [0.4, 0.5) is 5.69 Å². The molecule has 1 fully saturated rings. The fourth-order valence-electron chi connectivity index (χ4n) is 2.17. The second-order valence-corrected chi connectivity index (χ2v) is 4.70. The van der Waals surface area contributed by atoms with Crippen LogP contribution in [0.15, 0.2) is 18.5 Å². The van der Waals surface area contributed by atoms with Crippen LogP contribution in [0, 0.1) is 0 Å². The zero-order valence-corrected chi connectivity index (χ0v) is 11.4. The minimum Gasteiger partial charge on any atom is -0.383 e. The first-order valence-corrected chi connectivity index (χ1v) is 6.76. The quantitative estimate of drug-likeness (QED) is 0.762. The van der Waals surface area contributed by atoms with Gasteiger partial charge in [-0.25, -0.2) is 0 Å². The summed E-state index contributed by atoms with van der Waals surface area (Å²) >= 11 is 0. The van der Waals surface area contributed by atoms with Crippen LogP contribution in [-0.4, -0.2) is 37.8 Å². The van der Waals surface area contributed by atoms with Crippen molar-refractivity contribution in [1.82, 2.24) is 10.3 Å². The van der Waals surface area contributed by atoms with Gasteiger partial charge in [0.05, 0.1) is 6.61 Å². The van der Waals surface area contributed by atoms with Crippen molar-refractivity contribution in [3.63, 3.8) is 0 Å². The predicted octanol–water partition coefficient (Wildman–Crippen LogP) is 1.81. The molecule has 0 saturated heterocycles. The van der Waals surface area contributed by atoms with Crippen LogP contribution in [0.25, 0.3) is 0 Å². The van der Waals surface area contributed by atoms with E-state index in [9.17, 15) is 0 Å². The van der Waals surface area contributed by atoms with Gasteiger partial charge in [-0.15, -0.1) is 0 Å². The molecular formula is C14H23N3O. The molecule has 1 saturated carbocycles. The standard InChI is InChI=1S/C14H23N3O/c1-3-15-10-12-11-16-7-6-14(12)17(8-9-18-2)13-4-5-13/h6-7,11,13,15H,3-5,8-10H2,1-2H3. The maximum absolute atomic E-state index is 5.22. The van der Waals surface area contributed by atoms with Crippen LogP contribution in [0.2, 0.25) is 0 Å². The highest BCUT2D eigenvalue weighted by atomic mass is 16.5. The summed E-state index contributed by atoms with van der Waals surface area (Å²) in [5.74, 6) is 0. The predicted molar refractivity (Wildman–Crippen MR) is 73.9 cm³/mol. The molecule has 1 aliphatic rings. The zero-order valence-electron chi connectivity index (χ0n) is 11.4. The second-order valence-electron chi connectivity index (χ2n) is 4.70. The van der Waals surface area contributed by atoms with E-state index in [1.807, 2.05) is 12.4 Å². The number of methoxy groups -OCH3 is 1. The summed E-state index contributed by atoms with van der Waals surface area (Å²) in [6, 6.07) is 2.82. The van der Waals surface area contributed by atoms with Crippen molar-refractivity contribution < 1.29 is 4.74 Å². The third kappa shape index (κ3) is 3.43. The molecule has 0 unspecified atom stereocenters. The summed E-state index contributed by atoms with van der Waals surface area (Å²) in [4.78, 5) is 6.71. The SMILES string of the molecule is CCNCc1cnccc1N(CCOC)C1CC1. The molecule has 0 spiro atoms. The summed E-state index contributed by atoms with van der Waals surface area (Å²) in [6.45, 7) is 5.73. The van der Waals surface area contributed by atoms with Crippen LogP contribution >= 0.6 is 0 Å². The summed E-state index contributed by atoms with van der Waals surface area (Å²) < 4.78 is 5.22. The van der Waals surface area contributed by atoms with Gasteiger partial charge in [-0.05, 0) is 25.5 Å². The number of aromatic nitrogens is 1. The lowest BCUT2D eigenvalue weighted by Crippen LogP contribution is -2.31. The van der Waals surface area contributed by atoms with E-state index in [-0.39, 0.29) is 0 Å². The maximum Gasteiger partial charge on any atom is 0.0637 e. The molecule has 0 amide bonds. The highest BCUT2D eigenvalue weighted by Crippen LogP contribution is 2.33. The van der Waals surface area contributed by atoms with Gasteiger partial charge in [0.2, 0.25) is 0 Å². The van der Waals surface area contributed by atoms with Gasteiger partial charge in [0.25, 0.3) is 0 Å². The first-order chi connectivity index (χ1) is 8.86. The lowest BCUT2D eigenvalue weighted by molar-refractivity contribution is 0.205. The van der Waals surface area contributed by atoms with Crippen LogP contribution in [-0.2, 0) is 11.3 Å². The van der Waals surface area contributed by atoms with Crippen LogP contribution in [0.5, 0.6) is 0 Å². The van der Waals surface area contributed by atoms with E-state index in [1.165, 1.54) is 24.1 Å². The van der Waals surface area contributed by atoms with E-state index in [4.69, 9.17) is 4.74 Å². The molecular weight excluding hydrogens is 226 g/mol. The Bertz CT molecular complexity index is 366. The largest absolute Gasteiger partial charge is 0.383 e. The van der Waals surface area contributed by atoms with Gasteiger partial charge < -0.3 is 15.0 Å². The number of hydrogen-bond acceptors (Lipinski definition) is 4. The molecule has 0 radical (unpaired) electrons. The average Bonchev–Trinajstić information content (AvgIpc) is 3.22. The molecule has 1 aromatic heterocycles. The van der Waals surface area contributed by atoms with Crippen molar-refractivity contribution in [2.45, 2.75) is 32.4 Å². The smallest absolute Gasteiger partial charge is 0.0637 e. The molecule has 1 heterocycles. The molecule has 1 aromatic rings. The highest BCUT2D eigenvalue weighted by molar-refractivity contribution is 5.54. The van der Waals surface area contributed by atoms with Crippen molar-refractivity contribution in [3.8, 4) is 0 Å². The van der Waals surface area contributed by atoms with Gasteiger partial charge in [0.1, 0.15) is 0 Å². The Kier molecular flexibility index (Phi) is 4.96. The summed E-state index contributed by atoms with van der Waals surface area (Å²) in [7, 11) is 1.76. The number of hydrogen-bond donors (Lipinski definition) is 1. The molecule has 0 aromatic carbocycles. The molecule has 1 N–H and O–H groups in total. The van der Waals surface area contributed by atoms with Gasteiger partial charge in [-0.1, -0.05) is 6.92 Å². The van der Waals surface area contributed by atoms with E-state index >= 15 is 0 Å². The number of anilines is 1. The number of ether oxygens (including phenoxy) is 1. The zero-order chi connectivity index (χ0) is 12.8. The molecule has 2 rings (SSSR count). The van der Waals surface area contributed by atoms with Crippen molar-refractivity contribution in [2.24, 2.45) is 0 Å². The highest BCUT2D eigenvalue weighted by Gasteiger charge is 2.30. The number of rotatable bonds is 8. The van der Waals surface area contributed by atoms with Gasteiger partial charge >= 0.3 is 0 Å². The topological polar surface area (TPSA) is 37.4 Å². The number of nitrogens with one attached hydrogen (secondary N) is 1. The molecule has 4 nitrogen and oxygen atoms in total. The summed E-state index contributed by atoms with van der Waals surface area (Å²) in [5.41, 5.74) is 2.59. The Hall–Kier alpha value is -1.13. The second kappa shape index (κ2) is 6.71.